The molecule has 0 bridgehead atoms. The number of aromatic nitrogens is 2. The number of nitrogens with zero attached hydrogens (tertiary/aromatic N) is 2. The summed E-state index contributed by atoms with van der Waals surface area (Å²) in [6.07, 6.45) is 1.40. The van der Waals surface area contributed by atoms with Gasteiger partial charge in [-0.1, -0.05) is 18.2 Å². The van der Waals surface area contributed by atoms with E-state index in [1.165, 1.54) is 12.4 Å². The van der Waals surface area contributed by atoms with Gasteiger partial charge in [0, 0.05) is 23.5 Å². The lowest BCUT2D eigenvalue weighted by atomic mass is 10.1. The Morgan fingerprint density at radius 1 is 0.792 bits per heavy atom. The first-order valence-electron chi connectivity index (χ1n) is 7.40. The molecule has 0 radical (unpaired) electrons. The van der Waals surface area contributed by atoms with E-state index < -0.39 is 11.6 Å². The van der Waals surface area contributed by atoms with Crippen molar-refractivity contribution in [1.29, 1.82) is 0 Å². The molecule has 0 saturated carbocycles. The molecule has 3 aromatic rings. The number of nitrogens with one attached hydrogen (secondary N) is 2. The molecule has 122 valence electrons. The van der Waals surface area contributed by atoms with Crippen LogP contribution in [0.1, 0.15) is 11.1 Å². The summed E-state index contributed by atoms with van der Waals surface area (Å²) in [7, 11) is 0. The van der Waals surface area contributed by atoms with E-state index in [1.807, 2.05) is 32.0 Å². The molecule has 24 heavy (non-hydrogen) atoms. The highest BCUT2D eigenvalue weighted by atomic mass is 19.2. The highest BCUT2D eigenvalue weighted by Gasteiger charge is 2.06. The van der Waals surface area contributed by atoms with Gasteiger partial charge in [-0.3, -0.25) is 0 Å². The summed E-state index contributed by atoms with van der Waals surface area (Å²) in [5.41, 5.74) is 3.59. The third kappa shape index (κ3) is 3.48. The molecule has 0 aliphatic carbocycles. The Bertz CT molecular complexity index is 860. The first-order valence-corrected chi connectivity index (χ1v) is 7.40. The maximum atomic E-state index is 13.3. The quantitative estimate of drug-likeness (QED) is 0.719. The molecule has 2 N–H and O–H groups in total. The number of rotatable bonds is 4. The minimum atomic E-state index is -0.914. The van der Waals surface area contributed by atoms with Crippen molar-refractivity contribution in [1.82, 2.24) is 9.97 Å². The van der Waals surface area contributed by atoms with Crippen molar-refractivity contribution in [3.63, 3.8) is 0 Å². The summed E-state index contributed by atoms with van der Waals surface area (Å²) in [6.45, 7) is 4.02. The van der Waals surface area contributed by atoms with Gasteiger partial charge >= 0.3 is 0 Å². The Hall–Kier alpha value is -3.02. The SMILES string of the molecule is Cc1cccc(C)c1Nc1cc(Nc2ccc(F)c(F)c2)ncn1. The van der Waals surface area contributed by atoms with Crippen molar-refractivity contribution < 1.29 is 8.78 Å². The van der Waals surface area contributed by atoms with E-state index >= 15 is 0 Å². The summed E-state index contributed by atoms with van der Waals surface area (Å²) in [6, 6.07) is 11.3. The second-order valence-electron chi connectivity index (χ2n) is 5.43. The minimum absolute atomic E-state index is 0.408. The van der Waals surface area contributed by atoms with E-state index in [0.717, 1.165) is 28.9 Å². The lowest BCUT2D eigenvalue weighted by Crippen LogP contribution is -2.01. The van der Waals surface area contributed by atoms with Gasteiger partial charge in [0.25, 0.3) is 0 Å². The highest BCUT2D eigenvalue weighted by Crippen LogP contribution is 2.25. The molecule has 0 atom stereocenters. The molecule has 6 heteroatoms. The molecule has 1 aromatic heterocycles. The second kappa shape index (κ2) is 6.62. The number of aryl methyl sites for hydroxylation is 2. The van der Waals surface area contributed by atoms with Crippen LogP contribution in [0.4, 0.5) is 31.8 Å². The predicted molar refractivity (Wildman–Crippen MR) is 90.9 cm³/mol. The number of benzene rings is 2. The van der Waals surface area contributed by atoms with Crippen LogP contribution in [0.3, 0.4) is 0 Å². The summed E-state index contributed by atoms with van der Waals surface area (Å²) in [4.78, 5) is 8.29. The van der Waals surface area contributed by atoms with Crippen LogP contribution in [0.15, 0.2) is 48.8 Å². The van der Waals surface area contributed by atoms with Crippen LogP contribution in [0.5, 0.6) is 0 Å². The van der Waals surface area contributed by atoms with Gasteiger partial charge in [0.15, 0.2) is 11.6 Å². The summed E-state index contributed by atoms with van der Waals surface area (Å²) in [5.74, 6) is -0.721. The maximum absolute atomic E-state index is 13.3. The van der Waals surface area contributed by atoms with Crippen molar-refractivity contribution in [2.24, 2.45) is 0 Å². The van der Waals surface area contributed by atoms with Crippen LogP contribution in [-0.2, 0) is 0 Å². The molecule has 0 aliphatic heterocycles. The number of hydrogen-bond donors (Lipinski definition) is 2. The molecule has 3 rings (SSSR count). The fourth-order valence-corrected chi connectivity index (χ4v) is 2.36. The number of para-hydroxylation sites is 1. The van der Waals surface area contributed by atoms with Crippen molar-refractivity contribution in [3.05, 3.63) is 71.6 Å². The number of halogens is 2. The Morgan fingerprint density at radius 3 is 2.12 bits per heavy atom. The number of anilines is 4. The van der Waals surface area contributed by atoms with E-state index in [1.54, 1.807) is 6.07 Å². The van der Waals surface area contributed by atoms with Gasteiger partial charge in [-0.25, -0.2) is 18.7 Å². The van der Waals surface area contributed by atoms with Gasteiger partial charge in [-0.05, 0) is 37.1 Å². The third-order valence-corrected chi connectivity index (χ3v) is 3.59. The van der Waals surface area contributed by atoms with E-state index in [2.05, 4.69) is 20.6 Å². The van der Waals surface area contributed by atoms with Crippen LogP contribution >= 0.6 is 0 Å². The van der Waals surface area contributed by atoms with Gasteiger partial charge in [0.1, 0.15) is 18.0 Å². The van der Waals surface area contributed by atoms with E-state index in [-0.39, 0.29) is 0 Å². The first-order chi connectivity index (χ1) is 11.5. The smallest absolute Gasteiger partial charge is 0.160 e. The fraction of sp³-hybridized carbons (Fsp3) is 0.111. The average Bonchev–Trinajstić information content (AvgIpc) is 2.55. The number of hydrogen-bond acceptors (Lipinski definition) is 4. The molecule has 0 aliphatic rings. The molecular weight excluding hydrogens is 310 g/mol. The van der Waals surface area contributed by atoms with E-state index in [4.69, 9.17) is 0 Å². The Balaban J connectivity index is 1.82. The van der Waals surface area contributed by atoms with Gasteiger partial charge in [-0.15, -0.1) is 0 Å². The van der Waals surface area contributed by atoms with Gasteiger partial charge in [-0.2, -0.15) is 0 Å². The molecule has 0 amide bonds. The molecule has 2 aromatic carbocycles. The zero-order chi connectivity index (χ0) is 17.1. The topological polar surface area (TPSA) is 49.8 Å². The van der Waals surface area contributed by atoms with Crippen LogP contribution in [0.25, 0.3) is 0 Å². The summed E-state index contributed by atoms with van der Waals surface area (Å²) >= 11 is 0. The highest BCUT2D eigenvalue weighted by molar-refractivity contribution is 5.67. The van der Waals surface area contributed by atoms with Crippen molar-refractivity contribution in [2.75, 3.05) is 10.6 Å². The minimum Gasteiger partial charge on any atom is -0.340 e. The lowest BCUT2D eigenvalue weighted by molar-refractivity contribution is 0.509. The largest absolute Gasteiger partial charge is 0.340 e. The van der Waals surface area contributed by atoms with Crippen LogP contribution in [0.2, 0.25) is 0 Å². The molecule has 0 spiro atoms. The van der Waals surface area contributed by atoms with Crippen LogP contribution in [0, 0.1) is 25.5 Å². The Morgan fingerprint density at radius 2 is 1.46 bits per heavy atom. The van der Waals surface area contributed by atoms with Gasteiger partial charge in [0.2, 0.25) is 0 Å². The molecule has 1 heterocycles. The standard InChI is InChI=1S/C18H16F2N4/c1-11-4-3-5-12(2)18(11)24-17-9-16(21-10-22-17)23-13-6-7-14(19)15(20)8-13/h3-10H,1-2H3,(H2,21,22,23,24). The molecular formula is C18H16F2N4. The normalized spacial score (nSPS) is 10.5. The lowest BCUT2D eigenvalue weighted by Gasteiger charge is -2.13. The molecule has 0 unspecified atom stereocenters. The maximum Gasteiger partial charge on any atom is 0.160 e. The first kappa shape index (κ1) is 15.9. The van der Waals surface area contributed by atoms with E-state index in [9.17, 15) is 8.78 Å². The monoisotopic (exact) mass is 326 g/mol. The summed E-state index contributed by atoms with van der Waals surface area (Å²) in [5, 5.41) is 6.19. The average molecular weight is 326 g/mol. The molecule has 0 saturated heterocycles. The molecule has 0 fully saturated rings. The van der Waals surface area contributed by atoms with E-state index in [0.29, 0.717) is 17.3 Å². The zero-order valence-corrected chi connectivity index (χ0v) is 13.3. The molecule has 4 nitrogen and oxygen atoms in total. The second-order valence-corrected chi connectivity index (χ2v) is 5.43. The Kier molecular flexibility index (Phi) is 4.37. The van der Waals surface area contributed by atoms with Crippen LogP contribution < -0.4 is 10.6 Å². The Labute approximate surface area is 138 Å². The van der Waals surface area contributed by atoms with Crippen LogP contribution in [-0.4, -0.2) is 9.97 Å². The van der Waals surface area contributed by atoms with Crippen molar-refractivity contribution in [2.45, 2.75) is 13.8 Å². The van der Waals surface area contributed by atoms with Gasteiger partial charge in [0.05, 0.1) is 0 Å². The van der Waals surface area contributed by atoms with Crippen molar-refractivity contribution >= 4 is 23.0 Å². The van der Waals surface area contributed by atoms with Gasteiger partial charge < -0.3 is 10.6 Å². The summed E-state index contributed by atoms with van der Waals surface area (Å²) < 4.78 is 26.3. The third-order valence-electron chi connectivity index (χ3n) is 3.59. The zero-order valence-electron chi connectivity index (χ0n) is 13.3. The fourth-order valence-electron chi connectivity index (χ4n) is 2.36. The van der Waals surface area contributed by atoms with Crippen molar-refractivity contribution in [3.8, 4) is 0 Å². The predicted octanol–water partition coefficient (Wildman–Crippen LogP) is 4.86.